The molecule has 0 saturated heterocycles. The van der Waals surface area contributed by atoms with Gasteiger partial charge in [0.05, 0.1) is 15.8 Å². The molecule has 0 saturated carbocycles. The highest BCUT2D eigenvalue weighted by Gasteiger charge is 2.31. The lowest BCUT2D eigenvalue weighted by atomic mass is 10.1. The van der Waals surface area contributed by atoms with Crippen LogP contribution in [0, 0.1) is 6.92 Å². The summed E-state index contributed by atoms with van der Waals surface area (Å²) in [6.45, 7) is 1.95. The zero-order valence-electron chi connectivity index (χ0n) is 11.0. The smallest absolute Gasteiger partial charge is 0.399 e. The molecule has 108 valence electrons. The van der Waals surface area contributed by atoms with E-state index in [0.29, 0.717) is 10.6 Å². The lowest BCUT2D eigenvalue weighted by molar-refractivity contribution is -0.137. The van der Waals surface area contributed by atoms with Gasteiger partial charge in [-0.3, -0.25) is 0 Å². The summed E-state index contributed by atoms with van der Waals surface area (Å²) >= 11 is 1.35. The lowest BCUT2D eigenvalue weighted by Gasteiger charge is -2.09. The molecule has 0 bridgehead atoms. The van der Waals surface area contributed by atoms with Gasteiger partial charge in [0, 0.05) is 11.3 Å². The second kappa shape index (κ2) is 4.73. The molecule has 3 rings (SSSR count). The van der Waals surface area contributed by atoms with Gasteiger partial charge in [-0.2, -0.15) is 13.2 Å². The Morgan fingerprint density at radius 1 is 1.10 bits per heavy atom. The van der Waals surface area contributed by atoms with Crippen LogP contribution in [0.4, 0.5) is 18.9 Å². The highest BCUT2D eigenvalue weighted by atomic mass is 32.1. The zero-order chi connectivity index (χ0) is 15.2. The molecule has 0 fully saturated rings. The van der Waals surface area contributed by atoms with Crippen LogP contribution in [-0.2, 0) is 6.18 Å². The fourth-order valence-electron chi connectivity index (χ4n) is 2.10. The van der Waals surface area contributed by atoms with Crippen molar-refractivity contribution in [2.75, 3.05) is 5.73 Å². The number of nitrogen functional groups attached to an aromatic ring is 1. The van der Waals surface area contributed by atoms with Crippen LogP contribution in [0.1, 0.15) is 11.1 Å². The van der Waals surface area contributed by atoms with Crippen LogP contribution >= 0.6 is 11.3 Å². The highest BCUT2D eigenvalue weighted by Crippen LogP contribution is 2.36. The number of thiazole rings is 1. The second-order valence-corrected chi connectivity index (χ2v) is 5.86. The van der Waals surface area contributed by atoms with E-state index in [4.69, 9.17) is 5.73 Å². The van der Waals surface area contributed by atoms with Gasteiger partial charge in [0.15, 0.2) is 0 Å². The first-order valence-electron chi connectivity index (χ1n) is 6.18. The van der Waals surface area contributed by atoms with Crippen molar-refractivity contribution in [2.24, 2.45) is 0 Å². The number of benzene rings is 2. The molecule has 0 unspecified atom stereocenters. The maximum atomic E-state index is 12.8. The number of aromatic nitrogens is 1. The molecule has 2 nitrogen and oxygen atoms in total. The summed E-state index contributed by atoms with van der Waals surface area (Å²) in [6.07, 6.45) is -4.42. The van der Waals surface area contributed by atoms with Crippen LogP contribution in [-0.4, -0.2) is 4.98 Å². The normalized spacial score (nSPS) is 12.0. The van der Waals surface area contributed by atoms with E-state index in [9.17, 15) is 13.2 Å². The SMILES string of the molecule is Cc1ccc2sc(-c3cc(N)cc(C(F)(F)F)c3)nc2c1. The topological polar surface area (TPSA) is 38.9 Å². The minimum atomic E-state index is -4.42. The van der Waals surface area contributed by atoms with Crippen molar-refractivity contribution < 1.29 is 13.2 Å². The first-order valence-corrected chi connectivity index (χ1v) is 7.00. The predicted octanol–water partition coefficient (Wildman–Crippen LogP) is 4.87. The van der Waals surface area contributed by atoms with Gasteiger partial charge < -0.3 is 5.73 Å². The Kier molecular flexibility index (Phi) is 3.13. The Labute approximate surface area is 123 Å². The molecule has 0 spiro atoms. The molecule has 0 aliphatic carbocycles. The largest absolute Gasteiger partial charge is 0.416 e. The number of fused-ring (bicyclic) bond motifs is 1. The summed E-state index contributed by atoms with van der Waals surface area (Å²) in [5, 5.41) is 0.536. The molecule has 21 heavy (non-hydrogen) atoms. The van der Waals surface area contributed by atoms with E-state index in [0.717, 1.165) is 27.9 Å². The van der Waals surface area contributed by atoms with Crippen molar-refractivity contribution in [1.82, 2.24) is 4.98 Å². The summed E-state index contributed by atoms with van der Waals surface area (Å²) in [6, 6.07) is 9.31. The number of nitrogens with two attached hydrogens (primary N) is 1. The summed E-state index contributed by atoms with van der Waals surface area (Å²) in [7, 11) is 0. The van der Waals surface area contributed by atoms with Gasteiger partial charge in [0.25, 0.3) is 0 Å². The molecule has 0 radical (unpaired) electrons. The Balaban J connectivity index is 2.16. The summed E-state index contributed by atoms with van der Waals surface area (Å²) in [5.41, 5.74) is 7.14. The number of aryl methyl sites for hydroxylation is 1. The van der Waals surface area contributed by atoms with Crippen molar-refractivity contribution in [2.45, 2.75) is 13.1 Å². The average Bonchev–Trinajstić information content (AvgIpc) is 2.80. The summed E-state index contributed by atoms with van der Waals surface area (Å²) in [5.74, 6) is 0. The zero-order valence-corrected chi connectivity index (χ0v) is 11.8. The fourth-order valence-corrected chi connectivity index (χ4v) is 3.03. The number of anilines is 1. The molecule has 1 aromatic heterocycles. The van der Waals surface area contributed by atoms with E-state index in [1.165, 1.54) is 17.4 Å². The van der Waals surface area contributed by atoms with Gasteiger partial charge in [-0.25, -0.2) is 4.98 Å². The van der Waals surface area contributed by atoms with Gasteiger partial charge in [-0.1, -0.05) is 6.07 Å². The molecule has 2 aromatic carbocycles. The van der Waals surface area contributed by atoms with E-state index in [2.05, 4.69) is 4.98 Å². The maximum Gasteiger partial charge on any atom is 0.416 e. The molecule has 0 aliphatic heterocycles. The van der Waals surface area contributed by atoms with Crippen LogP contribution in [0.2, 0.25) is 0 Å². The average molecular weight is 308 g/mol. The Hall–Kier alpha value is -2.08. The quantitative estimate of drug-likeness (QED) is 0.651. The van der Waals surface area contributed by atoms with E-state index in [1.807, 2.05) is 25.1 Å². The molecule has 3 aromatic rings. The highest BCUT2D eigenvalue weighted by molar-refractivity contribution is 7.21. The first kappa shape index (κ1) is 13.9. The standard InChI is InChI=1S/C15H11F3N2S/c1-8-2-3-13-12(4-8)20-14(21-13)9-5-10(15(16,17)18)7-11(19)6-9/h2-7H,19H2,1H3. The maximum absolute atomic E-state index is 12.8. The van der Waals surface area contributed by atoms with Crippen molar-refractivity contribution >= 4 is 27.2 Å². The number of rotatable bonds is 1. The van der Waals surface area contributed by atoms with Crippen LogP contribution in [0.3, 0.4) is 0 Å². The van der Waals surface area contributed by atoms with Crippen LogP contribution < -0.4 is 5.73 Å². The minimum Gasteiger partial charge on any atom is -0.399 e. The number of alkyl halides is 3. The lowest BCUT2D eigenvalue weighted by Crippen LogP contribution is -2.05. The van der Waals surface area contributed by atoms with Crippen molar-refractivity contribution in [3.05, 3.63) is 47.5 Å². The number of hydrogen-bond acceptors (Lipinski definition) is 3. The van der Waals surface area contributed by atoms with Gasteiger partial charge in [0.2, 0.25) is 0 Å². The molecule has 2 N–H and O–H groups in total. The third-order valence-corrected chi connectivity index (χ3v) is 4.16. The second-order valence-electron chi connectivity index (χ2n) is 4.83. The third kappa shape index (κ3) is 2.71. The molecule has 0 aliphatic rings. The van der Waals surface area contributed by atoms with E-state index in [1.54, 1.807) is 0 Å². The van der Waals surface area contributed by atoms with E-state index < -0.39 is 11.7 Å². The van der Waals surface area contributed by atoms with Crippen LogP contribution in [0.15, 0.2) is 36.4 Å². The fraction of sp³-hybridized carbons (Fsp3) is 0.133. The first-order chi connectivity index (χ1) is 9.83. The minimum absolute atomic E-state index is 0.0789. The summed E-state index contributed by atoms with van der Waals surface area (Å²) < 4.78 is 39.5. The van der Waals surface area contributed by atoms with Crippen LogP contribution in [0.25, 0.3) is 20.8 Å². The molecule has 1 heterocycles. The third-order valence-electron chi connectivity index (χ3n) is 3.07. The van der Waals surface area contributed by atoms with E-state index in [-0.39, 0.29) is 5.69 Å². The molecule has 6 heteroatoms. The van der Waals surface area contributed by atoms with Gasteiger partial charge in [0.1, 0.15) is 5.01 Å². The number of hydrogen-bond donors (Lipinski definition) is 1. The Bertz CT molecular complexity index is 821. The van der Waals surface area contributed by atoms with E-state index >= 15 is 0 Å². The predicted molar refractivity (Wildman–Crippen MR) is 79.2 cm³/mol. The van der Waals surface area contributed by atoms with Gasteiger partial charge >= 0.3 is 6.18 Å². The van der Waals surface area contributed by atoms with Crippen molar-refractivity contribution in [3.63, 3.8) is 0 Å². The van der Waals surface area contributed by atoms with Crippen molar-refractivity contribution in [1.29, 1.82) is 0 Å². The van der Waals surface area contributed by atoms with Gasteiger partial charge in [-0.05, 0) is 42.8 Å². The van der Waals surface area contributed by atoms with Gasteiger partial charge in [-0.15, -0.1) is 11.3 Å². The molecular formula is C15H11F3N2S. The summed E-state index contributed by atoms with van der Waals surface area (Å²) in [4.78, 5) is 4.40. The van der Waals surface area contributed by atoms with Crippen LogP contribution in [0.5, 0.6) is 0 Å². The number of halogens is 3. The van der Waals surface area contributed by atoms with Crippen molar-refractivity contribution in [3.8, 4) is 10.6 Å². The Morgan fingerprint density at radius 2 is 1.86 bits per heavy atom. The Morgan fingerprint density at radius 3 is 2.57 bits per heavy atom. The molecule has 0 atom stereocenters. The number of nitrogens with zero attached hydrogens (tertiary/aromatic N) is 1. The molecule has 0 amide bonds. The monoisotopic (exact) mass is 308 g/mol. The molecular weight excluding hydrogens is 297 g/mol.